The number of thioether (sulfide) groups is 1. The maximum Gasteiger partial charge on any atom is 0.123 e. The van der Waals surface area contributed by atoms with Gasteiger partial charge in [-0.05, 0) is 36.2 Å². The molecule has 2 aromatic carbocycles. The average molecular weight is 262 g/mol. The van der Waals surface area contributed by atoms with E-state index >= 15 is 0 Å². The molecular weight excluding hydrogens is 247 g/mol. The molecule has 0 aliphatic rings. The fraction of sp³-hybridized carbons (Fsp3) is 0.200. The highest BCUT2D eigenvalue weighted by Crippen LogP contribution is 2.27. The van der Waals surface area contributed by atoms with Gasteiger partial charge in [0.25, 0.3) is 0 Å². The average Bonchev–Trinajstić information content (AvgIpc) is 2.38. The Hall–Kier alpha value is -1.32. The molecule has 0 saturated heterocycles. The molecule has 0 heterocycles. The Balaban J connectivity index is 1.98. The van der Waals surface area contributed by atoms with Gasteiger partial charge in [-0.1, -0.05) is 30.3 Å². The van der Waals surface area contributed by atoms with E-state index in [4.69, 9.17) is 0 Å². The first-order chi connectivity index (χ1) is 8.66. The van der Waals surface area contributed by atoms with Crippen LogP contribution in [-0.2, 0) is 0 Å². The summed E-state index contributed by atoms with van der Waals surface area (Å²) in [5, 5.41) is 10.0. The van der Waals surface area contributed by atoms with Gasteiger partial charge >= 0.3 is 0 Å². The summed E-state index contributed by atoms with van der Waals surface area (Å²) in [6, 6.07) is 14.1. The lowest BCUT2D eigenvalue weighted by molar-refractivity contribution is 0.204. The maximum absolute atomic E-state index is 12.8. The van der Waals surface area contributed by atoms with Crippen molar-refractivity contribution in [1.82, 2.24) is 0 Å². The van der Waals surface area contributed by atoms with Crippen LogP contribution in [0.2, 0.25) is 0 Å². The first kappa shape index (κ1) is 13.1. The third-order valence-electron chi connectivity index (χ3n) is 2.75. The van der Waals surface area contributed by atoms with E-state index in [-0.39, 0.29) is 5.82 Å². The van der Waals surface area contributed by atoms with E-state index in [1.807, 2.05) is 31.2 Å². The smallest absolute Gasteiger partial charge is 0.123 e. The molecule has 0 aliphatic carbocycles. The minimum Gasteiger partial charge on any atom is -0.388 e. The van der Waals surface area contributed by atoms with Crippen LogP contribution in [0.4, 0.5) is 4.39 Å². The second-order valence-electron chi connectivity index (χ2n) is 4.14. The molecule has 0 spiro atoms. The molecule has 94 valence electrons. The Morgan fingerprint density at radius 3 is 2.44 bits per heavy atom. The molecule has 2 aromatic rings. The SMILES string of the molecule is Cc1ccccc1SCC(O)c1ccc(F)cc1. The number of aryl methyl sites for hydroxylation is 1. The second-order valence-corrected chi connectivity index (χ2v) is 5.21. The van der Waals surface area contributed by atoms with Crippen LogP contribution < -0.4 is 0 Å². The van der Waals surface area contributed by atoms with Gasteiger partial charge in [-0.2, -0.15) is 0 Å². The minimum absolute atomic E-state index is 0.280. The number of aliphatic hydroxyl groups is 1. The summed E-state index contributed by atoms with van der Waals surface area (Å²) in [5.41, 5.74) is 1.95. The van der Waals surface area contributed by atoms with Crippen molar-refractivity contribution in [3.63, 3.8) is 0 Å². The Kier molecular flexibility index (Phi) is 4.39. The zero-order valence-corrected chi connectivity index (χ0v) is 11.0. The quantitative estimate of drug-likeness (QED) is 0.842. The van der Waals surface area contributed by atoms with Gasteiger partial charge in [-0.15, -0.1) is 11.8 Å². The molecular formula is C15H15FOS. The predicted octanol–water partition coefficient (Wildman–Crippen LogP) is 3.96. The summed E-state index contributed by atoms with van der Waals surface area (Å²) in [7, 11) is 0. The van der Waals surface area contributed by atoms with Crippen molar-refractivity contribution in [2.45, 2.75) is 17.9 Å². The number of benzene rings is 2. The van der Waals surface area contributed by atoms with E-state index < -0.39 is 6.10 Å². The molecule has 1 nitrogen and oxygen atoms in total. The number of hydrogen-bond acceptors (Lipinski definition) is 2. The van der Waals surface area contributed by atoms with E-state index in [1.54, 1.807) is 23.9 Å². The molecule has 0 radical (unpaired) electrons. The molecule has 0 aromatic heterocycles. The lowest BCUT2D eigenvalue weighted by Gasteiger charge is -2.11. The van der Waals surface area contributed by atoms with Crippen molar-refractivity contribution in [2.75, 3.05) is 5.75 Å². The van der Waals surface area contributed by atoms with Gasteiger partial charge in [-0.25, -0.2) is 4.39 Å². The summed E-state index contributed by atoms with van der Waals surface area (Å²) < 4.78 is 12.8. The first-order valence-electron chi connectivity index (χ1n) is 5.79. The van der Waals surface area contributed by atoms with Gasteiger partial charge < -0.3 is 5.11 Å². The number of hydrogen-bond donors (Lipinski definition) is 1. The summed E-state index contributed by atoms with van der Waals surface area (Å²) >= 11 is 1.61. The predicted molar refractivity (Wildman–Crippen MR) is 73.3 cm³/mol. The fourth-order valence-electron chi connectivity index (χ4n) is 1.67. The molecule has 3 heteroatoms. The number of aliphatic hydroxyl groups excluding tert-OH is 1. The molecule has 0 bridgehead atoms. The normalized spacial score (nSPS) is 12.4. The Morgan fingerprint density at radius 2 is 1.78 bits per heavy atom. The highest BCUT2D eigenvalue weighted by atomic mass is 32.2. The molecule has 0 amide bonds. The van der Waals surface area contributed by atoms with E-state index in [1.165, 1.54) is 22.6 Å². The van der Waals surface area contributed by atoms with Crippen molar-refractivity contribution >= 4 is 11.8 Å². The van der Waals surface area contributed by atoms with Crippen LogP contribution in [0.5, 0.6) is 0 Å². The van der Waals surface area contributed by atoms with Crippen LogP contribution in [0.3, 0.4) is 0 Å². The second kappa shape index (κ2) is 6.03. The fourth-order valence-corrected chi connectivity index (χ4v) is 2.67. The van der Waals surface area contributed by atoms with Gasteiger partial charge in [0.05, 0.1) is 6.10 Å². The third-order valence-corrected chi connectivity index (χ3v) is 4.00. The summed E-state index contributed by atoms with van der Waals surface area (Å²) in [6.07, 6.45) is -0.574. The largest absolute Gasteiger partial charge is 0.388 e. The summed E-state index contributed by atoms with van der Waals surface area (Å²) in [6.45, 7) is 2.05. The highest BCUT2D eigenvalue weighted by Gasteiger charge is 2.09. The monoisotopic (exact) mass is 262 g/mol. The minimum atomic E-state index is -0.574. The van der Waals surface area contributed by atoms with Gasteiger partial charge in [0, 0.05) is 10.6 Å². The van der Waals surface area contributed by atoms with Gasteiger partial charge in [0.2, 0.25) is 0 Å². The van der Waals surface area contributed by atoms with Crippen molar-refractivity contribution in [3.05, 3.63) is 65.5 Å². The molecule has 0 fully saturated rings. The zero-order valence-electron chi connectivity index (χ0n) is 10.1. The third kappa shape index (κ3) is 3.34. The van der Waals surface area contributed by atoms with E-state index in [0.717, 1.165) is 5.56 Å². The van der Waals surface area contributed by atoms with Gasteiger partial charge in [0.15, 0.2) is 0 Å². The molecule has 1 atom stereocenters. The molecule has 2 rings (SSSR count). The summed E-state index contributed by atoms with van der Waals surface area (Å²) in [5.74, 6) is 0.286. The van der Waals surface area contributed by atoms with Gasteiger partial charge in [-0.3, -0.25) is 0 Å². The molecule has 18 heavy (non-hydrogen) atoms. The zero-order chi connectivity index (χ0) is 13.0. The van der Waals surface area contributed by atoms with Gasteiger partial charge in [0.1, 0.15) is 5.82 Å². The topological polar surface area (TPSA) is 20.2 Å². The first-order valence-corrected chi connectivity index (χ1v) is 6.77. The number of rotatable bonds is 4. The molecule has 0 aliphatic heterocycles. The van der Waals surface area contributed by atoms with Crippen molar-refractivity contribution in [3.8, 4) is 0 Å². The lowest BCUT2D eigenvalue weighted by atomic mass is 10.1. The van der Waals surface area contributed by atoms with E-state index in [2.05, 4.69) is 0 Å². The van der Waals surface area contributed by atoms with E-state index in [9.17, 15) is 9.50 Å². The molecule has 0 saturated carbocycles. The van der Waals surface area contributed by atoms with Crippen molar-refractivity contribution in [1.29, 1.82) is 0 Å². The summed E-state index contributed by atoms with van der Waals surface area (Å²) in [4.78, 5) is 1.17. The van der Waals surface area contributed by atoms with Crippen molar-refractivity contribution in [2.24, 2.45) is 0 Å². The lowest BCUT2D eigenvalue weighted by Crippen LogP contribution is -2.00. The Labute approximate surface area is 111 Å². The van der Waals surface area contributed by atoms with Crippen LogP contribution in [-0.4, -0.2) is 10.9 Å². The number of halogens is 1. The van der Waals surface area contributed by atoms with Crippen molar-refractivity contribution < 1.29 is 9.50 Å². The Morgan fingerprint density at radius 1 is 1.11 bits per heavy atom. The molecule has 1 unspecified atom stereocenters. The van der Waals surface area contributed by atoms with Crippen LogP contribution in [0, 0.1) is 12.7 Å². The maximum atomic E-state index is 12.8. The van der Waals surface area contributed by atoms with Crippen LogP contribution in [0.1, 0.15) is 17.2 Å². The van der Waals surface area contributed by atoms with Crippen LogP contribution >= 0.6 is 11.8 Å². The highest BCUT2D eigenvalue weighted by molar-refractivity contribution is 7.99. The van der Waals surface area contributed by atoms with Crippen LogP contribution in [0.15, 0.2) is 53.4 Å². The standard InChI is InChI=1S/C15H15FOS/c1-11-4-2-3-5-15(11)18-10-14(17)12-6-8-13(16)9-7-12/h2-9,14,17H,10H2,1H3. The van der Waals surface area contributed by atoms with Crippen LogP contribution in [0.25, 0.3) is 0 Å². The van der Waals surface area contributed by atoms with E-state index in [0.29, 0.717) is 5.75 Å². The Bertz CT molecular complexity index is 510. The molecule has 1 N–H and O–H groups in total.